The lowest BCUT2D eigenvalue weighted by Gasteiger charge is -2.20. The lowest BCUT2D eigenvalue weighted by Crippen LogP contribution is -2.31. The van der Waals surface area contributed by atoms with E-state index in [1.54, 1.807) is 32.9 Å². The summed E-state index contributed by atoms with van der Waals surface area (Å²) in [4.78, 5) is 13.8. The Morgan fingerprint density at radius 2 is 1.81 bits per heavy atom. The summed E-state index contributed by atoms with van der Waals surface area (Å²) in [6, 6.07) is 6.78. The molecule has 0 unspecified atom stereocenters. The fraction of sp³-hybridized carbons (Fsp3) is 0.389. The predicted molar refractivity (Wildman–Crippen MR) is 95.7 cm³/mol. The van der Waals surface area contributed by atoms with Gasteiger partial charge in [-0.3, -0.25) is 4.79 Å². The van der Waals surface area contributed by atoms with Crippen molar-refractivity contribution in [3.8, 4) is 0 Å². The number of rotatable bonds is 7. The van der Waals surface area contributed by atoms with Crippen molar-refractivity contribution < 1.29 is 22.0 Å². The van der Waals surface area contributed by atoms with Crippen molar-refractivity contribution in [1.29, 1.82) is 0 Å². The van der Waals surface area contributed by atoms with Crippen LogP contribution in [0.15, 0.2) is 39.6 Å². The maximum Gasteiger partial charge on any atom is 0.257 e. The van der Waals surface area contributed by atoms with Crippen LogP contribution in [0.2, 0.25) is 0 Å². The van der Waals surface area contributed by atoms with Gasteiger partial charge in [-0.15, -0.1) is 0 Å². The maximum atomic E-state index is 14.2. The summed E-state index contributed by atoms with van der Waals surface area (Å²) in [5.74, 6) is -0.117. The number of carbonyl (C=O) groups is 1. The van der Waals surface area contributed by atoms with Crippen LogP contribution in [0.3, 0.4) is 0 Å². The van der Waals surface area contributed by atoms with E-state index >= 15 is 0 Å². The number of sulfonamides is 1. The second-order valence-electron chi connectivity index (χ2n) is 5.90. The third-order valence-electron chi connectivity index (χ3n) is 4.05. The van der Waals surface area contributed by atoms with Crippen LogP contribution in [-0.4, -0.2) is 43.7 Å². The summed E-state index contributed by atoms with van der Waals surface area (Å²) in [5, 5.41) is 0. The van der Waals surface area contributed by atoms with E-state index in [1.807, 2.05) is 0 Å². The molecule has 6 nitrogen and oxygen atoms in total. The first-order chi connectivity index (χ1) is 12.2. The zero-order valence-electron chi connectivity index (χ0n) is 15.3. The summed E-state index contributed by atoms with van der Waals surface area (Å²) in [5.41, 5.74) is -0.288. The Hall–Kier alpha value is -2.19. The second kappa shape index (κ2) is 8.01. The van der Waals surface area contributed by atoms with Gasteiger partial charge in [-0.05, 0) is 37.3 Å². The Labute approximate surface area is 153 Å². The molecule has 142 valence electrons. The highest BCUT2D eigenvalue weighted by Crippen LogP contribution is 2.21. The SMILES string of the molecule is CCN(CC)S(=O)(=O)c1ccc(F)c(C(=O)N(C)Cc2ccc(C)o2)c1. The Morgan fingerprint density at radius 1 is 1.15 bits per heavy atom. The quantitative estimate of drug-likeness (QED) is 0.738. The molecule has 0 aliphatic heterocycles. The number of carbonyl (C=O) groups excluding carboxylic acids is 1. The van der Waals surface area contributed by atoms with Crippen LogP contribution >= 0.6 is 0 Å². The molecule has 0 atom stereocenters. The minimum atomic E-state index is -3.78. The minimum absolute atomic E-state index is 0.104. The van der Waals surface area contributed by atoms with Gasteiger partial charge in [0.05, 0.1) is 17.0 Å². The highest BCUT2D eigenvalue weighted by molar-refractivity contribution is 7.89. The first-order valence-electron chi connectivity index (χ1n) is 8.31. The molecule has 2 aromatic rings. The van der Waals surface area contributed by atoms with Gasteiger partial charge in [0.1, 0.15) is 17.3 Å². The van der Waals surface area contributed by atoms with Gasteiger partial charge in [0.25, 0.3) is 5.91 Å². The van der Waals surface area contributed by atoms with Gasteiger partial charge in [-0.1, -0.05) is 13.8 Å². The predicted octanol–water partition coefficient (Wildman–Crippen LogP) is 3.03. The second-order valence-corrected chi connectivity index (χ2v) is 7.84. The Morgan fingerprint density at radius 3 is 2.35 bits per heavy atom. The fourth-order valence-electron chi connectivity index (χ4n) is 2.62. The van der Waals surface area contributed by atoms with Crippen LogP contribution in [0, 0.1) is 12.7 Å². The van der Waals surface area contributed by atoms with Crippen molar-refractivity contribution in [3.63, 3.8) is 0 Å². The van der Waals surface area contributed by atoms with Gasteiger partial charge in [-0.2, -0.15) is 4.31 Å². The van der Waals surface area contributed by atoms with Crippen LogP contribution in [0.25, 0.3) is 0 Å². The average molecular weight is 382 g/mol. The molecule has 0 spiro atoms. The van der Waals surface area contributed by atoms with Crippen molar-refractivity contribution >= 4 is 15.9 Å². The van der Waals surface area contributed by atoms with Gasteiger partial charge in [0, 0.05) is 20.1 Å². The van der Waals surface area contributed by atoms with E-state index in [2.05, 4.69) is 0 Å². The standard InChI is InChI=1S/C18H23FN2O4S/c1-5-21(6-2)26(23,24)15-9-10-17(19)16(11-15)18(22)20(4)12-14-8-7-13(3)25-14/h7-11H,5-6,12H2,1-4H3. The molecule has 0 aliphatic rings. The van der Waals surface area contributed by atoms with Gasteiger partial charge >= 0.3 is 0 Å². The van der Waals surface area contributed by atoms with Gasteiger partial charge < -0.3 is 9.32 Å². The molecule has 1 aromatic carbocycles. The van der Waals surface area contributed by atoms with E-state index in [9.17, 15) is 17.6 Å². The van der Waals surface area contributed by atoms with E-state index in [-0.39, 0.29) is 30.1 Å². The highest BCUT2D eigenvalue weighted by atomic mass is 32.2. The highest BCUT2D eigenvalue weighted by Gasteiger charge is 2.25. The van der Waals surface area contributed by atoms with Gasteiger partial charge in [0.15, 0.2) is 0 Å². The van der Waals surface area contributed by atoms with Gasteiger partial charge in [-0.25, -0.2) is 12.8 Å². The number of hydrogen-bond acceptors (Lipinski definition) is 4. The number of benzene rings is 1. The van der Waals surface area contributed by atoms with E-state index in [0.717, 1.165) is 12.1 Å². The molecule has 0 saturated carbocycles. The number of amides is 1. The molecule has 0 bridgehead atoms. The number of nitrogens with zero attached hydrogens (tertiary/aromatic N) is 2. The molecule has 0 radical (unpaired) electrons. The first-order valence-corrected chi connectivity index (χ1v) is 9.75. The monoisotopic (exact) mass is 382 g/mol. The van der Waals surface area contributed by atoms with E-state index in [0.29, 0.717) is 11.5 Å². The third kappa shape index (κ3) is 4.13. The lowest BCUT2D eigenvalue weighted by atomic mass is 10.2. The van der Waals surface area contributed by atoms with Crippen LogP contribution in [0.4, 0.5) is 4.39 Å². The molecular weight excluding hydrogens is 359 g/mol. The molecule has 0 N–H and O–H groups in total. The van der Waals surface area contributed by atoms with Crippen LogP contribution in [-0.2, 0) is 16.6 Å². The molecular formula is C18H23FN2O4S. The number of hydrogen-bond donors (Lipinski definition) is 0. The molecule has 1 aromatic heterocycles. The van der Waals surface area contributed by atoms with Crippen LogP contribution in [0.1, 0.15) is 35.7 Å². The normalized spacial score (nSPS) is 11.8. The van der Waals surface area contributed by atoms with Crippen LogP contribution < -0.4 is 0 Å². The number of furan rings is 1. The molecule has 2 rings (SSSR count). The maximum absolute atomic E-state index is 14.2. The van der Waals surface area contributed by atoms with E-state index in [4.69, 9.17) is 4.42 Å². The van der Waals surface area contributed by atoms with Crippen molar-refractivity contribution in [3.05, 3.63) is 53.2 Å². The molecule has 1 amide bonds. The van der Waals surface area contributed by atoms with Gasteiger partial charge in [0.2, 0.25) is 10.0 Å². The summed E-state index contributed by atoms with van der Waals surface area (Å²) in [6.07, 6.45) is 0. The topological polar surface area (TPSA) is 70.8 Å². The number of halogens is 1. The summed E-state index contributed by atoms with van der Waals surface area (Å²) >= 11 is 0. The zero-order chi connectivity index (χ0) is 19.5. The van der Waals surface area contributed by atoms with Crippen molar-refractivity contribution in [2.75, 3.05) is 20.1 Å². The molecule has 0 aliphatic carbocycles. The van der Waals surface area contributed by atoms with E-state index < -0.39 is 21.7 Å². The summed E-state index contributed by atoms with van der Waals surface area (Å²) in [7, 11) is -2.27. The minimum Gasteiger partial charge on any atom is -0.464 e. The van der Waals surface area contributed by atoms with Crippen molar-refractivity contribution in [2.45, 2.75) is 32.2 Å². The van der Waals surface area contributed by atoms with Crippen LogP contribution in [0.5, 0.6) is 0 Å². The Balaban J connectivity index is 2.32. The smallest absolute Gasteiger partial charge is 0.257 e. The molecule has 26 heavy (non-hydrogen) atoms. The first kappa shape index (κ1) is 20.1. The summed E-state index contributed by atoms with van der Waals surface area (Å²) in [6.45, 7) is 5.95. The molecule has 8 heteroatoms. The van der Waals surface area contributed by atoms with Crippen molar-refractivity contribution in [2.24, 2.45) is 0 Å². The molecule has 1 heterocycles. The van der Waals surface area contributed by atoms with E-state index in [1.165, 1.54) is 22.3 Å². The molecule has 0 saturated heterocycles. The largest absolute Gasteiger partial charge is 0.464 e. The number of aryl methyl sites for hydroxylation is 1. The Bertz CT molecular complexity index is 888. The average Bonchev–Trinajstić information content (AvgIpc) is 3.00. The Kier molecular flexibility index (Phi) is 6.20. The fourth-order valence-corrected chi connectivity index (χ4v) is 4.11. The lowest BCUT2D eigenvalue weighted by molar-refractivity contribution is 0.0770. The third-order valence-corrected chi connectivity index (χ3v) is 6.09. The molecule has 0 fully saturated rings. The summed E-state index contributed by atoms with van der Waals surface area (Å²) < 4.78 is 46.1. The zero-order valence-corrected chi connectivity index (χ0v) is 16.1. The van der Waals surface area contributed by atoms with Crippen molar-refractivity contribution in [1.82, 2.24) is 9.21 Å².